The van der Waals surface area contributed by atoms with E-state index in [1.54, 1.807) is 7.05 Å². The fourth-order valence-electron chi connectivity index (χ4n) is 1.59. The van der Waals surface area contributed by atoms with Gasteiger partial charge in [-0.15, -0.1) is 0 Å². The number of aryl methyl sites for hydroxylation is 1. The van der Waals surface area contributed by atoms with Gasteiger partial charge in [-0.25, -0.2) is 0 Å². The van der Waals surface area contributed by atoms with Crippen LogP contribution in [0.15, 0.2) is 24.3 Å². The van der Waals surface area contributed by atoms with E-state index < -0.39 is 0 Å². The molecule has 0 spiro atoms. The molecule has 0 atom stereocenters. The average Bonchev–Trinajstić information content (AvgIpc) is 2.59. The van der Waals surface area contributed by atoms with E-state index in [2.05, 4.69) is 27.8 Å². The number of rotatable bonds is 1. The predicted octanol–water partition coefficient (Wildman–Crippen LogP) is 2.39. The number of nitrogens with one attached hydrogen (secondary N) is 3. The van der Waals surface area contributed by atoms with Crippen LogP contribution in [-0.2, 0) is 0 Å². The van der Waals surface area contributed by atoms with Crippen LogP contribution in [0.4, 0.5) is 5.69 Å². The molecule has 0 saturated heterocycles. The van der Waals surface area contributed by atoms with E-state index in [9.17, 15) is 0 Å². The molecule has 0 aliphatic carbocycles. The van der Waals surface area contributed by atoms with Gasteiger partial charge < -0.3 is 15.6 Å². The lowest BCUT2D eigenvalue weighted by atomic mass is 10.2. The second-order valence-corrected chi connectivity index (χ2v) is 3.83. The van der Waals surface area contributed by atoms with Gasteiger partial charge in [0, 0.05) is 29.3 Å². The number of thiocarbonyl (C=S) groups is 1. The zero-order chi connectivity index (χ0) is 10.8. The smallest absolute Gasteiger partial charge is 0.170 e. The molecule has 1 heterocycles. The van der Waals surface area contributed by atoms with Crippen molar-refractivity contribution in [1.29, 1.82) is 0 Å². The number of anilines is 1. The summed E-state index contributed by atoms with van der Waals surface area (Å²) in [6, 6.07) is 8.17. The third kappa shape index (κ3) is 1.94. The minimum atomic E-state index is 0.626. The van der Waals surface area contributed by atoms with Gasteiger partial charge in [0.05, 0.1) is 0 Å². The van der Waals surface area contributed by atoms with Gasteiger partial charge in [-0.2, -0.15) is 0 Å². The zero-order valence-corrected chi connectivity index (χ0v) is 9.53. The van der Waals surface area contributed by atoms with E-state index in [-0.39, 0.29) is 0 Å². The van der Waals surface area contributed by atoms with Crippen molar-refractivity contribution in [3.63, 3.8) is 0 Å². The first-order valence-electron chi connectivity index (χ1n) is 4.78. The molecule has 0 amide bonds. The van der Waals surface area contributed by atoms with Crippen LogP contribution in [0.5, 0.6) is 0 Å². The van der Waals surface area contributed by atoms with Gasteiger partial charge >= 0.3 is 0 Å². The van der Waals surface area contributed by atoms with Crippen LogP contribution < -0.4 is 10.6 Å². The number of benzene rings is 1. The molecule has 1 aromatic carbocycles. The van der Waals surface area contributed by atoms with Crippen LogP contribution in [-0.4, -0.2) is 17.1 Å². The Bertz CT molecular complexity index is 502. The molecule has 78 valence electrons. The first-order chi connectivity index (χ1) is 7.20. The van der Waals surface area contributed by atoms with Gasteiger partial charge in [-0.3, -0.25) is 0 Å². The SMILES string of the molecule is CNC(=S)Nc1cccc2[nH]c(C)cc12. The Hall–Kier alpha value is -1.55. The summed E-state index contributed by atoms with van der Waals surface area (Å²) in [5.41, 5.74) is 3.29. The highest BCUT2D eigenvalue weighted by atomic mass is 32.1. The summed E-state index contributed by atoms with van der Waals surface area (Å²) in [7, 11) is 1.80. The number of aromatic amines is 1. The number of hydrogen-bond acceptors (Lipinski definition) is 1. The molecule has 1 aromatic heterocycles. The molecule has 2 rings (SSSR count). The maximum Gasteiger partial charge on any atom is 0.170 e. The molecule has 3 nitrogen and oxygen atoms in total. The van der Waals surface area contributed by atoms with Crippen LogP contribution in [0.25, 0.3) is 10.9 Å². The molecule has 0 unspecified atom stereocenters. The van der Waals surface area contributed by atoms with E-state index in [0.717, 1.165) is 22.3 Å². The quantitative estimate of drug-likeness (QED) is 0.645. The summed E-state index contributed by atoms with van der Waals surface area (Å²) >= 11 is 5.07. The normalized spacial score (nSPS) is 10.3. The van der Waals surface area contributed by atoms with Gasteiger partial charge in [0.2, 0.25) is 0 Å². The fraction of sp³-hybridized carbons (Fsp3) is 0.182. The topological polar surface area (TPSA) is 39.8 Å². The third-order valence-corrected chi connectivity index (χ3v) is 2.58. The largest absolute Gasteiger partial charge is 0.366 e. The van der Waals surface area contributed by atoms with Crippen molar-refractivity contribution < 1.29 is 0 Å². The molecule has 0 fully saturated rings. The molecule has 3 N–H and O–H groups in total. The van der Waals surface area contributed by atoms with Crippen molar-refractivity contribution in [3.05, 3.63) is 30.0 Å². The van der Waals surface area contributed by atoms with E-state index in [0.29, 0.717) is 5.11 Å². The second kappa shape index (κ2) is 3.90. The lowest BCUT2D eigenvalue weighted by Gasteiger charge is -2.07. The highest BCUT2D eigenvalue weighted by Gasteiger charge is 2.03. The number of fused-ring (bicyclic) bond motifs is 1. The van der Waals surface area contributed by atoms with E-state index >= 15 is 0 Å². The highest BCUT2D eigenvalue weighted by Crippen LogP contribution is 2.23. The van der Waals surface area contributed by atoms with Crippen LogP contribution in [0.2, 0.25) is 0 Å². The second-order valence-electron chi connectivity index (χ2n) is 3.42. The van der Waals surface area contributed by atoms with Crippen LogP contribution >= 0.6 is 12.2 Å². The average molecular weight is 219 g/mol. The molecule has 4 heteroatoms. The maximum atomic E-state index is 5.07. The number of H-pyrrole nitrogens is 1. The van der Waals surface area contributed by atoms with Crippen molar-refractivity contribution in [2.24, 2.45) is 0 Å². The van der Waals surface area contributed by atoms with E-state index in [1.807, 2.05) is 19.1 Å². The summed E-state index contributed by atoms with van der Waals surface area (Å²) in [4.78, 5) is 3.29. The predicted molar refractivity (Wildman–Crippen MR) is 68.3 cm³/mol. The van der Waals surface area contributed by atoms with Gasteiger partial charge in [-0.1, -0.05) is 6.07 Å². The van der Waals surface area contributed by atoms with Crippen molar-refractivity contribution in [3.8, 4) is 0 Å². The van der Waals surface area contributed by atoms with Gasteiger partial charge in [0.1, 0.15) is 0 Å². The maximum absolute atomic E-state index is 5.07. The van der Waals surface area contributed by atoms with Crippen LogP contribution in [0, 0.1) is 6.92 Å². The van der Waals surface area contributed by atoms with E-state index in [4.69, 9.17) is 12.2 Å². The van der Waals surface area contributed by atoms with Crippen LogP contribution in [0.1, 0.15) is 5.69 Å². The standard InChI is InChI=1S/C11H13N3S/c1-7-6-8-9(13-7)4-3-5-10(8)14-11(15)12-2/h3-6,13H,1-2H3,(H2,12,14,15). The summed E-state index contributed by atoms with van der Waals surface area (Å²) in [6.45, 7) is 2.04. The summed E-state index contributed by atoms with van der Waals surface area (Å²) in [5, 5.41) is 7.83. The van der Waals surface area contributed by atoms with Crippen LogP contribution in [0.3, 0.4) is 0 Å². The minimum Gasteiger partial charge on any atom is -0.366 e. The molecule has 0 aliphatic heterocycles. The summed E-state index contributed by atoms with van der Waals surface area (Å²) in [6.07, 6.45) is 0. The lowest BCUT2D eigenvalue weighted by molar-refractivity contribution is 1.20. The van der Waals surface area contributed by atoms with Gasteiger partial charge in [0.15, 0.2) is 5.11 Å². The van der Waals surface area contributed by atoms with Crippen molar-refractivity contribution in [2.45, 2.75) is 6.92 Å². The van der Waals surface area contributed by atoms with E-state index in [1.165, 1.54) is 0 Å². The zero-order valence-electron chi connectivity index (χ0n) is 8.72. The molecule has 2 aromatic rings. The number of hydrogen-bond donors (Lipinski definition) is 3. The molecule has 0 bridgehead atoms. The summed E-state index contributed by atoms with van der Waals surface area (Å²) < 4.78 is 0. The lowest BCUT2D eigenvalue weighted by Crippen LogP contribution is -2.24. The van der Waals surface area contributed by atoms with Gasteiger partial charge in [0.25, 0.3) is 0 Å². The Balaban J connectivity index is 2.46. The Morgan fingerprint density at radius 1 is 1.40 bits per heavy atom. The molecular weight excluding hydrogens is 206 g/mol. The molecule has 0 saturated carbocycles. The Labute approximate surface area is 93.9 Å². The molecule has 15 heavy (non-hydrogen) atoms. The number of aromatic nitrogens is 1. The van der Waals surface area contributed by atoms with Crippen molar-refractivity contribution in [1.82, 2.24) is 10.3 Å². The Morgan fingerprint density at radius 2 is 2.20 bits per heavy atom. The first-order valence-corrected chi connectivity index (χ1v) is 5.18. The molecule has 0 radical (unpaired) electrons. The monoisotopic (exact) mass is 219 g/mol. The Morgan fingerprint density at radius 3 is 2.93 bits per heavy atom. The summed E-state index contributed by atoms with van der Waals surface area (Å²) in [5.74, 6) is 0. The first kappa shape index (κ1) is 9.98. The fourth-order valence-corrected chi connectivity index (χ4v) is 1.70. The third-order valence-electron chi connectivity index (χ3n) is 2.27. The molecule has 0 aliphatic rings. The van der Waals surface area contributed by atoms with Gasteiger partial charge in [-0.05, 0) is 37.3 Å². The highest BCUT2D eigenvalue weighted by molar-refractivity contribution is 7.80. The molecular formula is C11H13N3S. The Kier molecular flexibility index (Phi) is 2.60. The van der Waals surface area contributed by atoms with Crippen molar-refractivity contribution in [2.75, 3.05) is 12.4 Å². The van der Waals surface area contributed by atoms with Crippen molar-refractivity contribution >= 4 is 33.9 Å². The minimum absolute atomic E-state index is 0.626.